The fourth-order valence-corrected chi connectivity index (χ4v) is 2.55. The topological polar surface area (TPSA) is 100 Å². The van der Waals surface area contributed by atoms with E-state index in [2.05, 4.69) is 21.1 Å². The van der Waals surface area contributed by atoms with Gasteiger partial charge in [0.25, 0.3) is 0 Å². The summed E-state index contributed by atoms with van der Waals surface area (Å²) >= 11 is 0. The van der Waals surface area contributed by atoms with E-state index in [1.165, 1.54) is 20.0 Å². The summed E-state index contributed by atoms with van der Waals surface area (Å²) in [5.41, 5.74) is 8.75. The number of rotatable bonds is 6. The fourth-order valence-electron chi connectivity index (χ4n) is 2.55. The Hall–Kier alpha value is -2.52. The Bertz CT molecular complexity index is 587. The first kappa shape index (κ1) is 20.8. The summed E-state index contributed by atoms with van der Waals surface area (Å²) in [5, 5.41) is 14.4. The average Bonchev–Trinajstić information content (AvgIpc) is 2.56. The van der Waals surface area contributed by atoms with Gasteiger partial charge in [-0.15, -0.1) is 0 Å². The SMILES string of the molecule is CC(C)N1[N]C(CC2=NN(C(C)C)C(=O)N(C(C)C)[N]2)=NN(C(C)C)C1=O. The number of amides is 4. The van der Waals surface area contributed by atoms with Gasteiger partial charge in [-0.25, -0.2) is 29.6 Å². The summed E-state index contributed by atoms with van der Waals surface area (Å²) in [6.07, 6.45) is 0.222. The highest BCUT2D eigenvalue weighted by atomic mass is 16.2. The molecule has 2 rings (SSSR count). The van der Waals surface area contributed by atoms with Gasteiger partial charge in [0.15, 0.2) is 11.7 Å². The minimum absolute atomic E-state index is 0.101. The lowest BCUT2D eigenvalue weighted by molar-refractivity contribution is 0.100. The minimum atomic E-state index is -0.255. The maximum absolute atomic E-state index is 12.5. The number of nitrogens with zero attached hydrogens (tertiary/aromatic N) is 8. The molecule has 2 aliphatic heterocycles. The zero-order chi connectivity index (χ0) is 20.5. The van der Waals surface area contributed by atoms with Crippen molar-refractivity contribution in [2.75, 3.05) is 0 Å². The quantitative estimate of drug-likeness (QED) is 0.707. The number of carbonyl (C=O) groups excluding carboxylic acids is 2. The highest BCUT2D eigenvalue weighted by Crippen LogP contribution is 2.17. The largest absolute Gasteiger partial charge is 0.361 e. The van der Waals surface area contributed by atoms with Gasteiger partial charge in [0, 0.05) is 0 Å². The Balaban J connectivity index is 2.30. The van der Waals surface area contributed by atoms with E-state index in [4.69, 9.17) is 0 Å². The van der Waals surface area contributed by atoms with E-state index in [1.54, 1.807) is 0 Å². The smallest absolute Gasteiger partial charge is 0.244 e. The first-order valence-electron chi connectivity index (χ1n) is 9.36. The molecule has 150 valence electrons. The van der Waals surface area contributed by atoms with Gasteiger partial charge in [-0.05, 0) is 55.4 Å². The Labute approximate surface area is 161 Å². The molecule has 0 saturated carbocycles. The summed E-state index contributed by atoms with van der Waals surface area (Å²) in [6, 6.07) is -0.917. The van der Waals surface area contributed by atoms with Crippen LogP contribution in [0.15, 0.2) is 10.2 Å². The summed E-state index contributed by atoms with van der Waals surface area (Å²) < 4.78 is 0. The van der Waals surface area contributed by atoms with Crippen LogP contribution in [0, 0.1) is 0 Å². The number of hydrogen-bond donors (Lipinski definition) is 0. The highest BCUT2D eigenvalue weighted by molar-refractivity contribution is 6.05. The predicted molar refractivity (Wildman–Crippen MR) is 102 cm³/mol. The van der Waals surface area contributed by atoms with Crippen molar-refractivity contribution in [2.24, 2.45) is 10.2 Å². The Morgan fingerprint density at radius 1 is 0.593 bits per heavy atom. The first-order valence-corrected chi connectivity index (χ1v) is 9.36. The van der Waals surface area contributed by atoms with Crippen LogP contribution in [-0.4, -0.2) is 67.9 Å². The summed E-state index contributed by atoms with van der Waals surface area (Å²) in [4.78, 5) is 25.0. The molecule has 0 aromatic rings. The Kier molecular flexibility index (Phi) is 6.17. The summed E-state index contributed by atoms with van der Waals surface area (Å²) in [7, 11) is 0. The van der Waals surface area contributed by atoms with Crippen molar-refractivity contribution in [2.45, 2.75) is 86.0 Å². The van der Waals surface area contributed by atoms with Gasteiger partial charge < -0.3 is 0 Å². The van der Waals surface area contributed by atoms with E-state index in [0.717, 1.165) is 0 Å². The molecule has 27 heavy (non-hydrogen) atoms. The van der Waals surface area contributed by atoms with Gasteiger partial charge in [-0.2, -0.15) is 21.1 Å². The zero-order valence-electron chi connectivity index (χ0n) is 17.4. The minimum Gasteiger partial charge on any atom is -0.244 e. The third-order valence-corrected chi connectivity index (χ3v) is 3.95. The molecular weight excluding hydrogens is 348 g/mol. The molecule has 2 aliphatic rings. The standard InChI is InChI=1S/C17H30N8O2/c1-10(2)22-16(26)23(11(3)4)19-14(18-22)9-15-20-24(12(5)6)17(27)25(21-15)13(7)8/h10-13H,9H2,1-8H3. The van der Waals surface area contributed by atoms with Crippen LogP contribution in [0.3, 0.4) is 0 Å². The second-order valence-corrected chi connectivity index (χ2v) is 7.73. The molecule has 0 fully saturated rings. The Morgan fingerprint density at radius 2 is 0.889 bits per heavy atom. The van der Waals surface area contributed by atoms with E-state index in [-0.39, 0.29) is 42.7 Å². The van der Waals surface area contributed by atoms with Crippen LogP contribution in [0.25, 0.3) is 0 Å². The summed E-state index contributed by atoms with van der Waals surface area (Å²) in [5.74, 6) is 0.863. The third kappa shape index (κ3) is 4.42. The molecule has 0 spiro atoms. The van der Waals surface area contributed by atoms with Gasteiger partial charge >= 0.3 is 12.1 Å². The van der Waals surface area contributed by atoms with Crippen LogP contribution in [0.4, 0.5) is 9.59 Å². The Morgan fingerprint density at radius 3 is 1.15 bits per heavy atom. The monoisotopic (exact) mass is 378 g/mol. The molecule has 0 saturated heterocycles. The molecule has 0 unspecified atom stereocenters. The van der Waals surface area contributed by atoms with Gasteiger partial charge in [-0.1, -0.05) is 0 Å². The second kappa shape index (κ2) is 8.01. The number of carbonyl (C=O) groups is 2. The van der Waals surface area contributed by atoms with Gasteiger partial charge in [0.05, 0.1) is 30.6 Å². The maximum atomic E-state index is 12.5. The lowest BCUT2D eigenvalue weighted by atomic mass is 10.3. The van der Waals surface area contributed by atoms with E-state index in [1.807, 2.05) is 55.4 Å². The molecule has 0 aliphatic carbocycles. The van der Waals surface area contributed by atoms with Crippen molar-refractivity contribution in [3.05, 3.63) is 0 Å². The average molecular weight is 378 g/mol. The van der Waals surface area contributed by atoms with Crippen molar-refractivity contribution in [3.8, 4) is 0 Å². The van der Waals surface area contributed by atoms with Crippen molar-refractivity contribution >= 4 is 23.7 Å². The molecule has 2 radical (unpaired) electrons. The maximum Gasteiger partial charge on any atom is 0.361 e. The zero-order valence-corrected chi connectivity index (χ0v) is 17.4. The van der Waals surface area contributed by atoms with Crippen LogP contribution >= 0.6 is 0 Å². The number of hydrogen-bond acceptors (Lipinski definition) is 4. The molecule has 0 atom stereocenters. The molecular formula is C17H30N8O2. The van der Waals surface area contributed by atoms with Gasteiger partial charge in [0.1, 0.15) is 0 Å². The van der Waals surface area contributed by atoms with Crippen LogP contribution in [0.1, 0.15) is 61.8 Å². The van der Waals surface area contributed by atoms with Crippen molar-refractivity contribution in [3.63, 3.8) is 0 Å². The molecule has 10 heteroatoms. The molecule has 2 heterocycles. The second-order valence-electron chi connectivity index (χ2n) is 7.73. The van der Waals surface area contributed by atoms with Crippen LogP contribution in [0.2, 0.25) is 0 Å². The highest BCUT2D eigenvalue weighted by Gasteiger charge is 2.36. The lowest BCUT2D eigenvalue weighted by Gasteiger charge is -2.37. The molecule has 0 N–H and O–H groups in total. The van der Waals surface area contributed by atoms with Crippen molar-refractivity contribution in [1.29, 1.82) is 0 Å². The third-order valence-electron chi connectivity index (χ3n) is 3.95. The number of urea groups is 2. The van der Waals surface area contributed by atoms with Crippen LogP contribution in [-0.2, 0) is 0 Å². The normalized spacial score (nSPS) is 18.5. The molecule has 0 bridgehead atoms. The molecule has 0 aromatic heterocycles. The van der Waals surface area contributed by atoms with Gasteiger partial charge in [0.2, 0.25) is 0 Å². The number of amidine groups is 2. The van der Waals surface area contributed by atoms with E-state index in [9.17, 15) is 9.59 Å². The van der Waals surface area contributed by atoms with Crippen LogP contribution < -0.4 is 10.9 Å². The lowest BCUT2D eigenvalue weighted by Crippen LogP contribution is -2.58. The van der Waals surface area contributed by atoms with Crippen molar-refractivity contribution < 1.29 is 9.59 Å². The van der Waals surface area contributed by atoms with E-state index >= 15 is 0 Å². The molecule has 0 aromatic carbocycles. The molecule has 10 nitrogen and oxygen atoms in total. The molecule has 4 amide bonds. The fraction of sp³-hybridized carbons (Fsp3) is 0.765. The predicted octanol–water partition coefficient (Wildman–Crippen LogP) is 2.15. The first-order chi connectivity index (χ1) is 12.5. The number of hydrazone groups is 2. The van der Waals surface area contributed by atoms with E-state index in [0.29, 0.717) is 11.7 Å². The van der Waals surface area contributed by atoms with Crippen molar-refractivity contribution in [1.82, 2.24) is 30.9 Å². The van der Waals surface area contributed by atoms with Gasteiger partial charge in [-0.3, -0.25) is 0 Å². The van der Waals surface area contributed by atoms with Crippen LogP contribution in [0.5, 0.6) is 0 Å². The summed E-state index contributed by atoms with van der Waals surface area (Å²) in [6.45, 7) is 15.2. The van der Waals surface area contributed by atoms with E-state index < -0.39 is 0 Å².